The number of hydrogen-bond donors (Lipinski definition) is 1. The minimum absolute atomic E-state index is 0.200. The molecule has 1 aromatic heterocycles. The van der Waals surface area contributed by atoms with Crippen LogP contribution in [0.5, 0.6) is 0 Å². The highest BCUT2D eigenvalue weighted by Crippen LogP contribution is 2.39. The van der Waals surface area contributed by atoms with Crippen LogP contribution in [0.3, 0.4) is 0 Å². The summed E-state index contributed by atoms with van der Waals surface area (Å²) in [7, 11) is 1.80. The van der Waals surface area contributed by atoms with E-state index in [1.807, 2.05) is 39.0 Å². The summed E-state index contributed by atoms with van der Waals surface area (Å²) in [5.41, 5.74) is 0.441. The Bertz CT molecular complexity index is 1230. The molecule has 0 spiro atoms. The van der Waals surface area contributed by atoms with Gasteiger partial charge in [-0.15, -0.1) is 6.42 Å². The zero-order chi connectivity index (χ0) is 26.0. The number of aromatic nitrogens is 2. The maximum Gasteiger partial charge on any atom is 0.261 e. The van der Waals surface area contributed by atoms with Crippen LogP contribution in [-0.2, 0) is 22.5 Å². The first-order valence-corrected chi connectivity index (χ1v) is 13.1. The highest BCUT2D eigenvalue weighted by atomic mass is 35.5. The van der Waals surface area contributed by atoms with Gasteiger partial charge >= 0.3 is 0 Å². The average molecular weight is 511 g/mol. The molecule has 1 aromatic carbocycles. The van der Waals surface area contributed by atoms with Gasteiger partial charge in [-0.05, 0) is 44.4 Å². The Hall–Kier alpha value is -2.82. The average Bonchev–Trinajstić information content (AvgIpc) is 3.12. The Balaban J connectivity index is 1.76. The lowest BCUT2D eigenvalue weighted by atomic mass is 9.82. The molecule has 1 fully saturated rings. The number of ether oxygens (including phenoxy) is 1. The van der Waals surface area contributed by atoms with E-state index in [0.29, 0.717) is 35.2 Å². The van der Waals surface area contributed by atoms with E-state index < -0.39 is 17.7 Å². The van der Waals surface area contributed by atoms with Crippen LogP contribution in [0.2, 0.25) is 5.02 Å². The third-order valence-corrected chi connectivity index (χ3v) is 7.40. The number of nitrogens with one attached hydrogen (secondary N) is 1. The Morgan fingerprint density at radius 2 is 2.06 bits per heavy atom. The summed E-state index contributed by atoms with van der Waals surface area (Å²) in [5.74, 6) is 3.74. The van der Waals surface area contributed by atoms with Crippen molar-refractivity contribution in [2.24, 2.45) is 0 Å². The first kappa shape index (κ1) is 26.2. The molecule has 2 aromatic rings. The number of anilines is 1. The molecular weight excluding hydrogens is 476 g/mol. The van der Waals surface area contributed by atoms with Gasteiger partial charge in [0.15, 0.2) is 0 Å². The summed E-state index contributed by atoms with van der Waals surface area (Å²) >= 11 is 6.19. The van der Waals surface area contributed by atoms with Crippen LogP contribution < -0.4 is 15.8 Å². The highest BCUT2D eigenvalue weighted by molar-refractivity contribution is 6.30. The standard InChI is InChI=1S/C28H35ClN4O3/c1-6-21-30-25-22(27(35)33(21)17-19-12-11-13-20(29)16-19)24(36-18(3)4)23(32(25)5)26(34)31-28(7-2)14-9-8-10-15-28/h2,11-13,16,18,23-24H,6,8-10,14-15,17H2,1,3-5H3,(H,31,34). The Morgan fingerprint density at radius 1 is 1.33 bits per heavy atom. The lowest BCUT2D eigenvalue weighted by molar-refractivity contribution is -0.128. The second-order valence-corrected chi connectivity index (χ2v) is 10.5. The van der Waals surface area contributed by atoms with E-state index >= 15 is 0 Å². The van der Waals surface area contributed by atoms with Crippen molar-refractivity contribution in [3.63, 3.8) is 0 Å². The number of likely N-dealkylation sites (N-methyl/N-ethyl adjacent to an activating group) is 1. The quantitative estimate of drug-likeness (QED) is 0.564. The topological polar surface area (TPSA) is 76.5 Å². The molecular formula is C28H35ClN4O3. The van der Waals surface area contributed by atoms with Gasteiger partial charge in [0.05, 0.1) is 18.2 Å². The van der Waals surface area contributed by atoms with E-state index in [1.165, 1.54) is 0 Å². The Morgan fingerprint density at radius 3 is 2.67 bits per heavy atom. The van der Waals surface area contributed by atoms with E-state index in [9.17, 15) is 9.59 Å². The monoisotopic (exact) mass is 510 g/mol. The second kappa shape index (κ2) is 10.7. The van der Waals surface area contributed by atoms with Crippen LogP contribution in [0, 0.1) is 12.3 Å². The molecule has 2 unspecified atom stereocenters. The van der Waals surface area contributed by atoms with Gasteiger partial charge in [-0.25, -0.2) is 4.98 Å². The second-order valence-electron chi connectivity index (χ2n) is 10.1. The fourth-order valence-electron chi connectivity index (χ4n) is 5.38. The lowest BCUT2D eigenvalue weighted by Crippen LogP contribution is -2.55. The number of amides is 1. The predicted molar refractivity (Wildman–Crippen MR) is 142 cm³/mol. The van der Waals surface area contributed by atoms with Crippen molar-refractivity contribution in [2.45, 2.75) is 89.6 Å². The van der Waals surface area contributed by atoms with Gasteiger partial charge in [0, 0.05) is 18.5 Å². The molecule has 2 aliphatic rings. The first-order valence-electron chi connectivity index (χ1n) is 12.8. The van der Waals surface area contributed by atoms with Gasteiger partial charge in [0.1, 0.15) is 29.3 Å². The number of fused-ring (bicyclic) bond motifs is 1. The summed E-state index contributed by atoms with van der Waals surface area (Å²) in [5, 5.41) is 3.76. The van der Waals surface area contributed by atoms with Crippen LogP contribution in [0.15, 0.2) is 29.1 Å². The predicted octanol–water partition coefficient (Wildman–Crippen LogP) is 4.24. The third kappa shape index (κ3) is 5.02. The number of hydrogen-bond acceptors (Lipinski definition) is 5. The molecule has 0 bridgehead atoms. The van der Waals surface area contributed by atoms with Crippen LogP contribution in [0.1, 0.15) is 75.9 Å². The fraction of sp³-hybridized carbons (Fsp3) is 0.536. The molecule has 7 nitrogen and oxygen atoms in total. The zero-order valence-corrected chi connectivity index (χ0v) is 22.3. The molecule has 1 aliphatic heterocycles. The highest BCUT2D eigenvalue weighted by Gasteiger charge is 2.48. The molecule has 192 valence electrons. The number of carbonyl (C=O) groups is 1. The molecule has 8 heteroatoms. The normalized spacial score (nSPS) is 20.8. The number of terminal acetylenes is 1. The Labute approximate surface area is 218 Å². The van der Waals surface area contributed by atoms with E-state index in [1.54, 1.807) is 22.6 Å². The molecule has 2 atom stereocenters. The van der Waals surface area contributed by atoms with Crippen LogP contribution in [0.4, 0.5) is 5.82 Å². The number of aryl methyl sites for hydroxylation is 1. The summed E-state index contributed by atoms with van der Waals surface area (Å²) < 4.78 is 7.91. The lowest BCUT2D eigenvalue weighted by Gasteiger charge is -2.36. The van der Waals surface area contributed by atoms with Gasteiger partial charge < -0.3 is 15.0 Å². The molecule has 1 N–H and O–H groups in total. The molecule has 36 heavy (non-hydrogen) atoms. The Kier molecular flexibility index (Phi) is 7.77. The number of halogens is 1. The van der Waals surface area contributed by atoms with Crippen LogP contribution in [-0.4, -0.2) is 40.2 Å². The van der Waals surface area contributed by atoms with Crippen molar-refractivity contribution in [1.82, 2.24) is 14.9 Å². The number of benzene rings is 1. The van der Waals surface area contributed by atoms with Crippen molar-refractivity contribution in [2.75, 3.05) is 11.9 Å². The molecule has 4 rings (SSSR count). The van der Waals surface area contributed by atoms with Gasteiger partial charge in [0.2, 0.25) is 5.91 Å². The minimum atomic E-state index is -0.764. The van der Waals surface area contributed by atoms with Gasteiger partial charge in [-0.2, -0.15) is 0 Å². The van der Waals surface area contributed by atoms with E-state index in [0.717, 1.165) is 37.7 Å². The SMILES string of the molecule is C#CC1(NC(=O)C2C(OC(C)C)c3c(nc(CC)n(Cc4cccc(Cl)c4)c3=O)N2C)CCCCC1. The van der Waals surface area contributed by atoms with Crippen molar-refractivity contribution in [3.05, 3.63) is 56.6 Å². The smallest absolute Gasteiger partial charge is 0.261 e. The zero-order valence-electron chi connectivity index (χ0n) is 21.5. The van der Waals surface area contributed by atoms with E-state index in [4.69, 9.17) is 27.7 Å². The third-order valence-electron chi connectivity index (χ3n) is 7.16. The number of nitrogens with zero attached hydrogens (tertiary/aromatic N) is 3. The molecule has 1 aliphatic carbocycles. The molecule has 0 radical (unpaired) electrons. The summed E-state index contributed by atoms with van der Waals surface area (Å²) in [6.45, 7) is 6.09. The van der Waals surface area contributed by atoms with Crippen molar-refractivity contribution in [3.8, 4) is 12.3 Å². The van der Waals surface area contributed by atoms with Crippen LogP contribution in [0.25, 0.3) is 0 Å². The maximum absolute atomic E-state index is 14.0. The molecule has 1 saturated carbocycles. The summed E-state index contributed by atoms with van der Waals surface area (Å²) in [4.78, 5) is 34.3. The summed E-state index contributed by atoms with van der Waals surface area (Å²) in [6, 6.07) is 6.69. The van der Waals surface area contributed by atoms with Gasteiger partial charge in [-0.1, -0.05) is 55.8 Å². The largest absolute Gasteiger partial charge is 0.368 e. The van der Waals surface area contributed by atoms with E-state index in [2.05, 4.69) is 11.2 Å². The van der Waals surface area contributed by atoms with Crippen molar-refractivity contribution in [1.29, 1.82) is 0 Å². The van der Waals surface area contributed by atoms with E-state index in [-0.39, 0.29) is 17.6 Å². The summed E-state index contributed by atoms with van der Waals surface area (Å²) in [6.07, 6.45) is 10.1. The molecule has 0 saturated heterocycles. The van der Waals surface area contributed by atoms with Gasteiger partial charge in [0.25, 0.3) is 5.56 Å². The first-order chi connectivity index (χ1) is 17.2. The maximum atomic E-state index is 14.0. The number of rotatable bonds is 7. The van der Waals surface area contributed by atoms with Crippen molar-refractivity contribution < 1.29 is 9.53 Å². The van der Waals surface area contributed by atoms with Crippen LogP contribution >= 0.6 is 11.6 Å². The fourth-order valence-corrected chi connectivity index (χ4v) is 5.59. The molecule has 2 heterocycles. The molecule has 1 amide bonds. The van der Waals surface area contributed by atoms with Crippen molar-refractivity contribution >= 4 is 23.3 Å². The minimum Gasteiger partial charge on any atom is -0.368 e. The number of carbonyl (C=O) groups excluding carboxylic acids is 1. The van der Waals surface area contributed by atoms with Gasteiger partial charge in [-0.3, -0.25) is 14.2 Å².